The number of aliphatic carboxylic acids is 1. The molecule has 0 saturated heterocycles. The van der Waals surface area contributed by atoms with Crippen LogP contribution in [0.15, 0.2) is 0 Å². The highest BCUT2D eigenvalue weighted by Gasteiger charge is 2.31. The van der Waals surface area contributed by atoms with Gasteiger partial charge in [0.05, 0.1) is 6.61 Å². The predicted octanol–water partition coefficient (Wildman–Crippen LogP) is -1.62. The molecule has 31 heavy (non-hydrogen) atoms. The monoisotopic (exact) mass is 463 g/mol. The van der Waals surface area contributed by atoms with Crippen molar-refractivity contribution in [1.29, 1.82) is 0 Å². The van der Waals surface area contributed by atoms with Crippen LogP contribution in [-0.2, 0) is 19.2 Å². The first-order chi connectivity index (χ1) is 14.6. The maximum Gasteiger partial charge on any atom is 0.326 e. The molecule has 11 nitrogen and oxygen atoms in total. The van der Waals surface area contributed by atoms with Crippen LogP contribution in [0.2, 0.25) is 0 Å². The van der Waals surface area contributed by atoms with E-state index in [1.807, 2.05) is 6.26 Å². The van der Waals surface area contributed by atoms with Crippen LogP contribution >= 0.6 is 11.8 Å². The zero-order valence-corrected chi connectivity index (χ0v) is 19.2. The molecule has 4 unspecified atom stereocenters. The fraction of sp³-hybridized carbons (Fsp3) is 0.789. The van der Waals surface area contributed by atoms with Crippen LogP contribution in [0.5, 0.6) is 0 Å². The Bertz CT molecular complexity index is 592. The number of carbonyl (C=O) groups excluding carboxylic acids is 3. The molecule has 0 aliphatic rings. The number of aliphatic hydroxyl groups excluding tert-OH is 1. The van der Waals surface area contributed by atoms with Crippen molar-refractivity contribution in [3.05, 3.63) is 0 Å². The first-order valence-corrected chi connectivity index (χ1v) is 11.7. The molecule has 180 valence electrons. The molecular weight excluding hydrogens is 426 g/mol. The third-order valence-electron chi connectivity index (χ3n) is 4.59. The van der Waals surface area contributed by atoms with Gasteiger partial charge in [-0.15, -0.1) is 0 Å². The zero-order valence-electron chi connectivity index (χ0n) is 18.4. The molecule has 0 radical (unpaired) electrons. The topological polar surface area (TPSA) is 197 Å². The summed E-state index contributed by atoms with van der Waals surface area (Å²) in [4.78, 5) is 49.0. The lowest BCUT2D eigenvalue weighted by Gasteiger charge is -2.27. The van der Waals surface area contributed by atoms with Gasteiger partial charge in [0.1, 0.15) is 24.2 Å². The number of rotatable bonds is 16. The van der Waals surface area contributed by atoms with Crippen LogP contribution < -0.4 is 27.4 Å². The molecule has 4 atom stereocenters. The minimum atomic E-state index is -1.17. The molecule has 0 aromatic rings. The van der Waals surface area contributed by atoms with E-state index in [0.717, 1.165) is 0 Å². The van der Waals surface area contributed by atoms with E-state index in [2.05, 4.69) is 16.0 Å². The highest BCUT2D eigenvalue weighted by molar-refractivity contribution is 7.98. The summed E-state index contributed by atoms with van der Waals surface area (Å²) in [5.74, 6) is -2.82. The van der Waals surface area contributed by atoms with Crippen molar-refractivity contribution >= 4 is 35.5 Å². The van der Waals surface area contributed by atoms with Gasteiger partial charge < -0.3 is 37.6 Å². The second kappa shape index (κ2) is 15.8. The molecule has 0 aliphatic carbocycles. The summed E-state index contributed by atoms with van der Waals surface area (Å²) in [5, 5.41) is 26.0. The van der Waals surface area contributed by atoms with Crippen molar-refractivity contribution in [2.75, 3.05) is 25.2 Å². The SMILES string of the molecule is CSCCC(NC(=O)C(N)CO)C(=O)NC(C(=O)NC(CCCCN)C(=O)O)C(C)C. The summed E-state index contributed by atoms with van der Waals surface area (Å²) in [6.07, 6.45) is 3.54. The quantitative estimate of drug-likeness (QED) is 0.132. The number of carboxylic acid groups (broad SMARTS) is 1. The first kappa shape index (κ1) is 29.1. The minimum absolute atomic E-state index is 0.225. The van der Waals surface area contributed by atoms with Gasteiger partial charge in [-0.1, -0.05) is 13.8 Å². The molecule has 0 fully saturated rings. The molecule has 12 heteroatoms. The summed E-state index contributed by atoms with van der Waals surface area (Å²) in [6, 6.07) is -4.21. The summed E-state index contributed by atoms with van der Waals surface area (Å²) < 4.78 is 0. The molecule has 0 saturated carbocycles. The lowest BCUT2D eigenvalue weighted by atomic mass is 10.0. The number of amides is 3. The second-order valence-electron chi connectivity index (χ2n) is 7.55. The second-order valence-corrected chi connectivity index (χ2v) is 8.53. The van der Waals surface area contributed by atoms with Gasteiger partial charge in [-0.25, -0.2) is 4.79 Å². The van der Waals surface area contributed by atoms with Crippen LogP contribution in [0.1, 0.15) is 39.5 Å². The van der Waals surface area contributed by atoms with Crippen molar-refractivity contribution in [2.24, 2.45) is 17.4 Å². The van der Waals surface area contributed by atoms with Gasteiger partial charge in [0, 0.05) is 0 Å². The summed E-state index contributed by atoms with van der Waals surface area (Å²) in [6.45, 7) is 3.28. The van der Waals surface area contributed by atoms with Crippen molar-refractivity contribution in [3.63, 3.8) is 0 Å². The number of carbonyl (C=O) groups is 4. The molecule has 0 aromatic heterocycles. The van der Waals surface area contributed by atoms with E-state index in [-0.39, 0.29) is 12.3 Å². The molecular formula is C19H37N5O6S. The van der Waals surface area contributed by atoms with Crippen LogP contribution in [0, 0.1) is 5.92 Å². The Kier molecular flexibility index (Phi) is 14.9. The smallest absolute Gasteiger partial charge is 0.326 e. The number of thioether (sulfide) groups is 1. The van der Waals surface area contributed by atoms with E-state index in [0.29, 0.717) is 31.6 Å². The number of hydrogen-bond acceptors (Lipinski definition) is 8. The number of nitrogens with one attached hydrogen (secondary N) is 3. The van der Waals surface area contributed by atoms with Gasteiger partial charge in [-0.3, -0.25) is 14.4 Å². The molecule has 3 amide bonds. The zero-order chi connectivity index (χ0) is 24.0. The van der Waals surface area contributed by atoms with E-state index in [9.17, 15) is 24.3 Å². The fourth-order valence-electron chi connectivity index (χ4n) is 2.67. The highest BCUT2D eigenvalue weighted by Crippen LogP contribution is 2.08. The third kappa shape index (κ3) is 11.3. The lowest BCUT2D eigenvalue weighted by molar-refractivity contribution is -0.142. The van der Waals surface area contributed by atoms with Crippen LogP contribution in [0.25, 0.3) is 0 Å². The van der Waals surface area contributed by atoms with E-state index in [4.69, 9.17) is 16.6 Å². The third-order valence-corrected chi connectivity index (χ3v) is 5.23. The number of aliphatic hydroxyl groups is 1. The van der Waals surface area contributed by atoms with Gasteiger partial charge in [0.25, 0.3) is 0 Å². The Morgan fingerprint density at radius 1 is 0.935 bits per heavy atom. The summed E-state index contributed by atoms with van der Waals surface area (Å²) in [7, 11) is 0. The molecule has 0 rings (SSSR count). The average Bonchev–Trinajstić information content (AvgIpc) is 2.72. The number of hydrogen-bond donors (Lipinski definition) is 7. The summed E-state index contributed by atoms with van der Waals surface area (Å²) in [5.41, 5.74) is 10.9. The standard InChI is InChI=1S/C19H37N5O6S/c1-11(2)15(18(28)23-14(19(29)30)6-4-5-8-20)24-17(27)13(7-9-31-3)22-16(26)12(21)10-25/h11-15,25H,4-10,20-21H2,1-3H3,(H,22,26)(H,23,28)(H,24,27)(H,29,30). The van der Waals surface area contributed by atoms with E-state index < -0.39 is 54.5 Å². The van der Waals surface area contributed by atoms with Gasteiger partial charge >= 0.3 is 5.97 Å². The van der Waals surface area contributed by atoms with Crippen molar-refractivity contribution in [3.8, 4) is 0 Å². The molecule has 0 aromatic carbocycles. The van der Waals surface area contributed by atoms with Crippen molar-refractivity contribution in [2.45, 2.75) is 63.7 Å². The maximum atomic E-state index is 12.8. The highest BCUT2D eigenvalue weighted by atomic mass is 32.2. The maximum absolute atomic E-state index is 12.8. The fourth-order valence-corrected chi connectivity index (χ4v) is 3.14. The average molecular weight is 464 g/mol. The first-order valence-electron chi connectivity index (χ1n) is 10.3. The Hall–Kier alpha value is -1.89. The Balaban J connectivity index is 5.26. The lowest BCUT2D eigenvalue weighted by Crippen LogP contribution is -2.58. The van der Waals surface area contributed by atoms with Crippen LogP contribution in [0.3, 0.4) is 0 Å². The number of carboxylic acids is 1. The molecule has 9 N–H and O–H groups in total. The van der Waals surface area contributed by atoms with Crippen molar-refractivity contribution in [1.82, 2.24) is 16.0 Å². The number of nitrogens with two attached hydrogens (primary N) is 2. The Morgan fingerprint density at radius 3 is 2.03 bits per heavy atom. The normalized spacial score (nSPS) is 14.9. The molecule has 0 heterocycles. The molecule has 0 spiro atoms. The minimum Gasteiger partial charge on any atom is -0.480 e. The Labute approximate surface area is 187 Å². The van der Waals surface area contributed by atoms with E-state index >= 15 is 0 Å². The van der Waals surface area contributed by atoms with E-state index in [1.54, 1.807) is 13.8 Å². The van der Waals surface area contributed by atoms with Gasteiger partial charge in [0.15, 0.2) is 0 Å². The summed E-state index contributed by atoms with van der Waals surface area (Å²) >= 11 is 1.48. The molecule has 0 aliphatic heterocycles. The molecule has 0 bridgehead atoms. The Morgan fingerprint density at radius 2 is 1.55 bits per heavy atom. The predicted molar refractivity (Wildman–Crippen MR) is 119 cm³/mol. The number of unbranched alkanes of at least 4 members (excludes halogenated alkanes) is 1. The largest absolute Gasteiger partial charge is 0.480 e. The van der Waals surface area contributed by atoms with Gasteiger partial charge in [-0.2, -0.15) is 11.8 Å². The van der Waals surface area contributed by atoms with Gasteiger partial charge in [0.2, 0.25) is 17.7 Å². The van der Waals surface area contributed by atoms with E-state index in [1.165, 1.54) is 11.8 Å². The van der Waals surface area contributed by atoms with Crippen LogP contribution in [-0.4, -0.2) is 83.2 Å². The van der Waals surface area contributed by atoms with Gasteiger partial charge in [-0.05, 0) is 50.2 Å². The van der Waals surface area contributed by atoms with Crippen LogP contribution in [0.4, 0.5) is 0 Å². The van der Waals surface area contributed by atoms with Crippen molar-refractivity contribution < 1.29 is 29.4 Å².